The average molecular weight is 996 g/mol. The molecule has 4 N–H and O–H groups in total. The molecule has 1 amide bonds. The molecule has 3 aliphatic heterocycles. The van der Waals surface area contributed by atoms with Gasteiger partial charge in [-0.05, 0) is 103 Å². The van der Waals surface area contributed by atoms with Gasteiger partial charge >= 0.3 is 5.51 Å². The molecule has 14 nitrogen and oxygen atoms in total. The van der Waals surface area contributed by atoms with Crippen molar-refractivity contribution in [3.8, 4) is 11.5 Å². The molecule has 2 atom stereocenters. The predicted octanol–water partition coefficient (Wildman–Crippen LogP) is 8.05. The Hall–Kier alpha value is -5.18. The molecule has 2 aromatic heterocycles. The Balaban J connectivity index is 0.933. The van der Waals surface area contributed by atoms with E-state index in [1.165, 1.54) is 29.0 Å². The van der Waals surface area contributed by atoms with Crippen LogP contribution < -0.4 is 25.0 Å². The van der Waals surface area contributed by atoms with Crippen molar-refractivity contribution >= 4 is 65.3 Å². The number of carbonyl (C=O) groups is 1. The molecule has 5 aromatic rings. The number of hydrogen-bond donors (Lipinski definition) is 4. The van der Waals surface area contributed by atoms with Crippen LogP contribution in [0.4, 0.5) is 24.5 Å². The third-order valence-corrected chi connectivity index (χ3v) is 16.6. The Morgan fingerprint density at radius 1 is 0.985 bits per heavy atom. The number of aromatic nitrogens is 2. The van der Waals surface area contributed by atoms with Gasteiger partial charge in [-0.1, -0.05) is 43.2 Å². The normalized spacial score (nSPS) is 20.3. The van der Waals surface area contributed by atoms with Crippen LogP contribution in [0.25, 0.3) is 16.6 Å². The molecular weight excluding hydrogens is 941 g/mol. The summed E-state index contributed by atoms with van der Waals surface area (Å²) in [5, 5.41) is 7.60. The zero-order valence-corrected chi connectivity index (χ0v) is 40.1. The van der Waals surface area contributed by atoms with Crippen LogP contribution in [-0.4, -0.2) is 119 Å². The minimum atomic E-state index is -6.03. The summed E-state index contributed by atoms with van der Waals surface area (Å²) >= 11 is 6.24. The van der Waals surface area contributed by atoms with Gasteiger partial charge < -0.3 is 25.3 Å². The zero-order valence-electron chi connectivity index (χ0n) is 37.7. The van der Waals surface area contributed by atoms with E-state index in [0.717, 1.165) is 75.9 Å². The smallest absolute Gasteiger partial charge is 0.455 e. The number of hydrogen-bond acceptors (Lipinski definition) is 12. The summed E-state index contributed by atoms with van der Waals surface area (Å²) in [4.78, 5) is 26.2. The number of fused-ring (bicyclic) bond motifs is 3. The quantitative estimate of drug-likeness (QED) is 0.0747. The number of nitrogens with one attached hydrogen (secondary N) is 4. The maximum Gasteiger partial charge on any atom is 0.501 e. The number of anilines is 2. The predicted molar refractivity (Wildman–Crippen MR) is 256 cm³/mol. The molecule has 0 spiro atoms. The van der Waals surface area contributed by atoms with Crippen LogP contribution in [0.15, 0.2) is 101 Å². The van der Waals surface area contributed by atoms with Gasteiger partial charge in [0.05, 0.1) is 22.3 Å². The molecule has 0 radical (unpaired) electrons. The molecule has 2 bridgehead atoms. The van der Waals surface area contributed by atoms with Crippen LogP contribution in [0.3, 0.4) is 0 Å². The third-order valence-electron chi connectivity index (χ3n) is 13.5. The lowest BCUT2D eigenvalue weighted by Crippen LogP contribution is -2.47. The first-order valence-corrected chi connectivity index (χ1v) is 26.1. The van der Waals surface area contributed by atoms with Crippen molar-refractivity contribution in [3.05, 3.63) is 107 Å². The largest absolute Gasteiger partial charge is 0.501 e. The number of H-pyrrole nitrogens is 1. The fourth-order valence-corrected chi connectivity index (χ4v) is 12.0. The van der Waals surface area contributed by atoms with Crippen molar-refractivity contribution in [2.75, 3.05) is 69.1 Å². The summed E-state index contributed by atoms with van der Waals surface area (Å²) in [6.45, 7) is 10.8. The van der Waals surface area contributed by atoms with Crippen molar-refractivity contribution in [1.29, 1.82) is 0 Å². The van der Waals surface area contributed by atoms with Crippen LogP contribution in [-0.2, 0) is 19.9 Å². The van der Waals surface area contributed by atoms with E-state index in [-0.39, 0.29) is 29.0 Å². The number of pyridine rings is 1. The van der Waals surface area contributed by atoms with E-state index in [1.807, 2.05) is 16.9 Å². The van der Waals surface area contributed by atoms with Gasteiger partial charge in [-0.15, -0.1) is 0 Å². The second-order valence-electron chi connectivity index (χ2n) is 18.9. The zero-order chi connectivity index (χ0) is 48.0. The first-order chi connectivity index (χ1) is 32.3. The average Bonchev–Trinajstić information content (AvgIpc) is 4.07. The Morgan fingerprint density at radius 3 is 2.49 bits per heavy atom. The van der Waals surface area contributed by atoms with Gasteiger partial charge in [-0.3, -0.25) is 14.6 Å². The molecule has 3 aromatic carbocycles. The van der Waals surface area contributed by atoms with Gasteiger partial charge in [0.1, 0.15) is 22.0 Å². The monoisotopic (exact) mass is 994 g/mol. The Labute approximate surface area is 399 Å². The van der Waals surface area contributed by atoms with Gasteiger partial charge in [-0.2, -0.15) is 13.2 Å². The summed E-state index contributed by atoms with van der Waals surface area (Å²) in [5.74, 6) is -0.901. The number of sulfone groups is 1. The lowest BCUT2D eigenvalue weighted by molar-refractivity contribution is -0.0435. The topological polar surface area (TPSA) is 169 Å². The van der Waals surface area contributed by atoms with E-state index in [1.54, 1.807) is 30.5 Å². The van der Waals surface area contributed by atoms with E-state index in [4.69, 9.17) is 16.3 Å². The number of nitrogens with zero attached hydrogens (tertiary/aromatic N) is 4. The van der Waals surface area contributed by atoms with Gasteiger partial charge in [0.25, 0.3) is 25.8 Å². The van der Waals surface area contributed by atoms with E-state index in [9.17, 15) is 34.8 Å². The fourth-order valence-electron chi connectivity index (χ4n) is 9.81. The SMILES string of the molecule is CC1(C)CCC(CN2CCN(c3ccc(C(=O)NS(=O)(=O)c4ccc(NCCCN5C[C@H]6C[C@@H]5CN6)c(S(=O)(=O)C(F)(F)F)c4)c(Oc4cnc5[nH]ccc5c4)c3)CC2)=C(c2ccc(Cl)cc2)C1. The highest BCUT2D eigenvalue weighted by Gasteiger charge is 2.48. The second-order valence-corrected chi connectivity index (χ2v) is 22.9. The summed E-state index contributed by atoms with van der Waals surface area (Å²) < 4.78 is 104. The molecule has 362 valence electrons. The number of amides is 1. The molecule has 1 aliphatic carbocycles. The number of allylic oxidation sites excluding steroid dienone is 1. The number of piperazine rings is 2. The third kappa shape index (κ3) is 10.4. The van der Waals surface area contributed by atoms with E-state index in [0.29, 0.717) is 60.6 Å². The van der Waals surface area contributed by atoms with Gasteiger partial charge in [0, 0.05) is 99.3 Å². The van der Waals surface area contributed by atoms with Crippen LogP contribution in [0.2, 0.25) is 5.02 Å². The van der Waals surface area contributed by atoms with Crippen LogP contribution >= 0.6 is 11.6 Å². The molecule has 5 heterocycles. The molecular formula is C48H54ClF3N8O6S2. The maximum absolute atomic E-state index is 14.0. The number of rotatable bonds is 15. The molecule has 4 aliphatic rings. The van der Waals surface area contributed by atoms with E-state index >= 15 is 0 Å². The van der Waals surface area contributed by atoms with Crippen LogP contribution in [0, 0.1) is 5.41 Å². The number of aromatic amines is 1. The number of alkyl halides is 3. The first-order valence-electron chi connectivity index (χ1n) is 22.7. The minimum absolute atomic E-state index is 0.00481. The van der Waals surface area contributed by atoms with Crippen molar-refractivity contribution in [1.82, 2.24) is 29.8 Å². The highest BCUT2D eigenvalue weighted by molar-refractivity contribution is 7.92. The number of benzene rings is 3. The Morgan fingerprint density at radius 2 is 1.76 bits per heavy atom. The number of ether oxygens (including phenoxy) is 1. The van der Waals surface area contributed by atoms with Crippen molar-refractivity contribution in [2.45, 2.75) is 73.3 Å². The second kappa shape index (κ2) is 19.0. The molecule has 0 unspecified atom stereocenters. The van der Waals surface area contributed by atoms with Crippen molar-refractivity contribution in [3.63, 3.8) is 0 Å². The van der Waals surface area contributed by atoms with E-state index in [2.05, 4.69) is 61.3 Å². The van der Waals surface area contributed by atoms with E-state index < -0.39 is 46.8 Å². The number of halogens is 4. The van der Waals surface area contributed by atoms with Crippen LogP contribution in [0.1, 0.15) is 61.9 Å². The summed E-state index contributed by atoms with van der Waals surface area (Å²) in [7, 11) is -11.0. The maximum atomic E-state index is 14.0. The van der Waals surface area contributed by atoms with Crippen molar-refractivity contribution in [2.24, 2.45) is 5.41 Å². The molecule has 3 saturated heterocycles. The van der Waals surface area contributed by atoms with Gasteiger partial charge in [0.2, 0.25) is 0 Å². The number of likely N-dealkylation sites (tertiary alicyclic amines) is 1. The molecule has 3 fully saturated rings. The lowest BCUT2D eigenvalue weighted by atomic mass is 9.72. The first kappa shape index (κ1) is 47.9. The lowest BCUT2D eigenvalue weighted by Gasteiger charge is -2.39. The summed E-state index contributed by atoms with van der Waals surface area (Å²) in [5.41, 5.74) is -0.857. The standard InChI is InChI=1S/C48H54ClF3N8O6S2/c1-47(2)14-12-33(41(26-47)31-4-6-34(49)7-5-31)29-58-18-20-59(21-19-58)36-8-10-40(43(24-36)66-38-22-32-13-16-54-45(32)56-28-38)46(61)57-68(64,65)39-9-11-42(44(25-39)67(62,63)48(50,51)52)53-15-3-17-60-30-35-23-37(60)27-55-35/h4-11,13,16,22,24-25,28,35,37,53,55H,3,12,14-15,17-21,23,26-27,29-30H2,1-2H3,(H,54,56)(H,57,61)/t35-,37-/m1/s1. The number of carbonyl (C=O) groups excluding carboxylic acids is 1. The minimum Gasteiger partial charge on any atom is -0.455 e. The highest BCUT2D eigenvalue weighted by atomic mass is 35.5. The molecule has 68 heavy (non-hydrogen) atoms. The summed E-state index contributed by atoms with van der Waals surface area (Å²) in [6, 6.07) is 19.4. The molecule has 9 rings (SSSR count). The van der Waals surface area contributed by atoms with Crippen molar-refractivity contribution < 1.29 is 39.5 Å². The highest BCUT2D eigenvalue weighted by Crippen LogP contribution is 2.44. The molecule has 0 saturated carbocycles. The molecule has 20 heteroatoms. The Kier molecular flexibility index (Phi) is 13.3. The van der Waals surface area contributed by atoms with Gasteiger partial charge in [0.15, 0.2) is 0 Å². The van der Waals surface area contributed by atoms with Gasteiger partial charge in [-0.25, -0.2) is 26.5 Å². The van der Waals surface area contributed by atoms with Crippen LogP contribution in [0.5, 0.6) is 11.5 Å². The number of sulfonamides is 1. The summed E-state index contributed by atoms with van der Waals surface area (Å²) in [6.07, 6.45) is 7.77. The Bertz CT molecular complexity index is 2960. The fraction of sp³-hybridized carbons (Fsp3) is 0.417.